The lowest BCUT2D eigenvalue weighted by Crippen LogP contribution is -2.59. The number of imide groups is 1. The lowest BCUT2D eigenvalue weighted by atomic mass is 9.74. The minimum Gasteiger partial charge on any atom is -0.393 e. The minimum atomic E-state index is -0.883. The summed E-state index contributed by atoms with van der Waals surface area (Å²) >= 11 is 0. The molecule has 2 N–H and O–H groups in total. The Morgan fingerprint density at radius 2 is 2.00 bits per heavy atom. The van der Waals surface area contributed by atoms with Crippen LogP contribution in [0.25, 0.3) is 0 Å². The first-order valence-electron chi connectivity index (χ1n) is 7.65. The summed E-state index contributed by atoms with van der Waals surface area (Å²) in [6, 6.07) is 5.85. The number of aliphatic hydroxyl groups is 1. The van der Waals surface area contributed by atoms with Gasteiger partial charge in [-0.05, 0) is 24.7 Å². The van der Waals surface area contributed by atoms with Gasteiger partial charge in [-0.2, -0.15) is 0 Å². The number of halogens is 1. The van der Waals surface area contributed by atoms with Gasteiger partial charge in [0.15, 0.2) is 0 Å². The summed E-state index contributed by atoms with van der Waals surface area (Å²) in [6.07, 6.45) is 0.0688. The highest BCUT2D eigenvalue weighted by Gasteiger charge is 2.58. The molecule has 124 valence electrons. The maximum absolute atomic E-state index is 12.9. The van der Waals surface area contributed by atoms with Gasteiger partial charge in [0.2, 0.25) is 0 Å². The number of aliphatic hydroxyl groups excluding tert-OH is 1. The lowest BCUT2D eigenvalue weighted by molar-refractivity contribution is -0.138. The molecule has 0 atom stereocenters. The molecule has 0 unspecified atom stereocenters. The molecule has 1 aliphatic carbocycles. The molecular formula is C16H20FN3O3. The first kappa shape index (κ1) is 15.9. The van der Waals surface area contributed by atoms with Crippen molar-refractivity contribution in [3.63, 3.8) is 0 Å². The fraction of sp³-hybridized carbons (Fsp3) is 0.500. The molecule has 0 aromatic heterocycles. The Balaban J connectivity index is 1.52. The number of hydrogen-bond acceptors (Lipinski definition) is 4. The van der Waals surface area contributed by atoms with Crippen LogP contribution in [0.1, 0.15) is 18.4 Å². The first-order valence-corrected chi connectivity index (χ1v) is 7.65. The highest BCUT2D eigenvalue weighted by molar-refractivity contribution is 6.07. The Labute approximate surface area is 133 Å². The van der Waals surface area contributed by atoms with E-state index in [9.17, 15) is 19.1 Å². The van der Waals surface area contributed by atoms with Gasteiger partial charge >= 0.3 is 6.03 Å². The van der Waals surface area contributed by atoms with Gasteiger partial charge in [-0.15, -0.1) is 0 Å². The summed E-state index contributed by atoms with van der Waals surface area (Å²) in [7, 11) is 1.88. The van der Waals surface area contributed by atoms with Crippen LogP contribution in [0.15, 0.2) is 24.3 Å². The fourth-order valence-corrected chi connectivity index (χ4v) is 3.15. The normalized spacial score (nSPS) is 26.8. The van der Waals surface area contributed by atoms with Gasteiger partial charge < -0.3 is 15.3 Å². The van der Waals surface area contributed by atoms with E-state index >= 15 is 0 Å². The zero-order chi connectivity index (χ0) is 16.6. The van der Waals surface area contributed by atoms with Crippen LogP contribution >= 0.6 is 0 Å². The van der Waals surface area contributed by atoms with Crippen LogP contribution < -0.4 is 5.32 Å². The highest BCUT2D eigenvalue weighted by atomic mass is 19.1. The van der Waals surface area contributed by atoms with Crippen molar-refractivity contribution in [2.45, 2.75) is 31.0 Å². The zero-order valence-corrected chi connectivity index (χ0v) is 13.0. The van der Waals surface area contributed by atoms with Crippen molar-refractivity contribution in [1.29, 1.82) is 0 Å². The summed E-state index contributed by atoms with van der Waals surface area (Å²) in [5.74, 6) is -0.522. The maximum Gasteiger partial charge on any atom is 0.325 e. The average molecular weight is 321 g/mol. The Morgan fingerprint density at radius 3 is 2.61 bits per heavy atom. The van der Waals surface area contributed by atoms with Gasteiger partial charge in [0, 0.05) is 32.5 Å². The van der Waals surface area contributed by atoms with Crippen molar-refractivity contribution < 1.29 is 19.1 Å². The number of urea groups is 1. The summed E-state index contributed by atoms with van der Waals surface area (Å²) in [4.78, 5) is 27.5. The molecule has 1 aliphatic heterocycles. The van der Waals surface area contributed by atoms with E-state index < -0.39 is 17.7 Å². The predicted molar refractivity (Wildman–Crippen MR) is 81.0 cm³/mol. The molecule has 1 saturated carbocycles. The van der Waals surface area contributed by atoms with Crippen molar-refractivity contribution in [1.82, 2.24) is 15.1 Å². The van der Waals surface area contributed by atoms with Crippen LogP contribution in [0.5, 0.6) is 0 Å². The molecule has 1 aromatic rings. The number of nitrogens with zero attached hydrogens (tertiary/aromatic N) is 2. The maximum atomic E-state index is 12.9. The number of nitrogens with one attached hydrogen (secondary N) is 1. The van der Waals surface area contributed by atoms with E-state index in [2.05, 4.69) is 5.32 Å². The molecule has 0 radical (unpaired) electrons. The smallest absolute Gasteiger partial charge is 0.325 e. The molecule has 1 heterocycles. The molecular weight excluding hydrogens is 301 g/mol. The summed E-state index contributed by atoms with van der Waals surface area (Å²) in [5, 5.41) is 12.1. The first-order chi connectivity index (χ1) is 10.9. The SMILES string of the molecule is CN(CCN1C(=O)NC2(CC(O)C2)C1=O)Cc1ccc(F)cc1. The van der Waals surface area contributed by atoms with Gasteiger partial charge in [-0.3, -0.25) is 9.69 Å². The molecule has 3 rings (SSSR count). The number of carbonyl (C=O) groups is 2. The van der Waals surface area contributed by atoms with Crippen LogP contribution in [0.2, 0.25) is 0 Å². The second-order valence-electron chi connectivity index (χ2n) is 6.40. The lowest BCUT2D eigenvalue weighted by Gasteiger charge is -2.39. The van der Waals surface area contributed by atoms with Crippen molar-refractivity contribution in [2.24, 2.45) is 0 Å². The van der Waals surface area contributed by atoms with E-state index in [1.54, 1.807) is 12.1 Å². The Morgan fingerprint density at radius 1 is 1.35 bits per heavy atom. The van der Waals surface area contributed by atoms with Crippen LogP contribution in [0, 0.1) is 5.82 Å². The van der Waals surface area contributed by atoms with E-state index in [0.29, 0.717) is 32.5 Å². The number of rotatable bonds is 5. The standard InChI is InChI=1S/C16H20FN3O3/c1-19(10-11-2-4-12(17)5-3-11)6-7-20-14(22)16(18-15(20)23)8-13(21)9-16/h2-5,13,21H,6-10H2,1H3,(H,18,23). The molecule has 0 bridgehead atoms. The van der Waals surface area contributed by atoms with Gasteiger partial charge in [-0.25, -0.2) is 9.18 Å². The minimum absolute atomic E-state index is 0.247. The zero-order valence-electron chi connectivity index (χ0n) is 13.0. The van der Waals surface area contributed by atoms with Gasteiger partial charge in [0.25, 0.3) is 5.91 Å². The molecule has 2 fully saturated rings. The van der Waals surface area contributed by atoms with Gasteiger partial charge in [0.1, 0.15) is 11.4 Å². The van der Waals surface area contributed by atoms with E-state index in [0.717, 1.165) is 5.56 Å². The molecule has 1 spiro atoms. The molecule has 3 amide bonds. The number of hydrogen-bond donors (Lipinski definition) is 2. The number of carbonyl (C=O) groups excluding carboxylic acids is 2. The van der Waals surface area contributed by atoms with Crippen molar-refractivity contribution in [3.05, 3.63) is 35.6 Å². The molecule has 23 heavy (non-hydrogen) atoms. The fourth-order valence-electron chi connectivity index (χ4n) is 3.15. The largest absolute Gasteiger partial charge is 0.393 e. The second kappa shape index (κ2) is 5.90. The third-order valence-electron chi connectivity index (χ3n) is 4.49. The van der Waals surface area contributed by atoms with Gasteiger partial charge in [-0.1, -0.05) is 12.1 Å². The molecule has 1 aromatic carbocycles. The molecule has 2 aliphatic rings. The monoisotopic (exact) mass is 321 g/mol. The van der Waals surface area contributed by atoms with Crippen LogP contribution in [0.4, 0.5) is 9.18 Å². The van der Waals surface area contributed by atoms with Crippen LogP contribution in [0.3, 0.4) is 0 Å². The van der Waals surface area contributed by atoms with E-state index in [-0.39, 0.29) is 11.7 Å². The molecule has 1 saturated heterocycles. The Kier molecular flexibility index (Phi) is 4.08. The third kappa shape index (κ3) is 3.07. The van der Waals surface area contributed by atoms with Gasteiger partial charge in [0.05, 0.1) is 6.10 Å². The summed E-state index contributed by atoms with van der Waals surface area (Å²) < 4.78 is 12.9. The number of amides is 3. The number of likely N-dealkylation sites (N-methyl/N-ethyl adjacent to an activating group) is 1. The van der Waals surface area contributed by atoms with E-state index in [1.165, 1.54) is 17.0 Å². The Hall–Kier alpha value is -1.99. The Bertz CT molecular complexity index is 614. The quantitative estimate of drug-likeness (QED) is 0.783. The van der Waals surface area contributed by atoms with Crippen LogP contribution in [-0.2, 0) is 11.3 Å². The van der Waals surface area contributed by atoms with Crippen molar-refractivity contribution in [3.8, 4) is 0 Å². The van der Waals surface area contributed by atoms with E-state index in [4.69, 9.17) is 0 Å². The number of benzene rings is 1. The van der Waals surface area contributed by atoms with Crippen molar-refractivity contribution >= 4 is 11.9 Å². The second-order valence-corrected chi connectivity index (χ2v) is 6.40. The summed E-state index contributed by atoms with van der Waals surface area (Å²) in [5.41, 5.74) is 0.0798. The van der Waals surface area contributed by atoms with Crippen molar-refractivity contribution in [2.75, 3.05) is 20.1 Å². The average Bonchev–Trinajstić information content (AvgIpc) is 2.71. The molecule has 6 nitrogen and oxygen atoms in total. The highest BCUT2D eigenvalue weighted by Crippen LogP contribution is 2.37. The predicted octanol–water partition coefficient (Wildman–Crippen LogP) is 0.703. The topological polar surface area (TPSA) is 72.9 Å². The molecule has 7 heteroatoms. The van der Waals surface area contributed by atoms with E-state index in [1.807, 2.05) is 11.9 Å². The van der Waals surface area contributed by atoms with Crippen LogP contribution in [-0.4, -0.2) is 58.6 Å². The third-order valence-corrected chi connectivity index (χ3v) is 4.49. The summed E-state index contributed by atoms with van der Waals surface area (Å²) in [6.45, 7) is 1.42.